The predicted molar refractivity (Wildman–Crippen MR) is 268 cm³/mol. The van der Waals surface area contributed by atoms with E-state index in [9.17, 15) is 44.6 Å². The van der Waals surface area contributed by atoms with Crippen LogP contribution in [0, 0.1) is 0 Å². The van der Waals surface area contributed by atoms with Gasteiger partial charge in [0.25, 0.3) is 0 Å². The van der Waals surface area contributed by atoms with Gasteiger partial charge in [-0.2, -0.15) is 0 Å². The molecule has 13 nitrogen and oxygen atoms in total. The average molecular weight is 979 g/mol. The maximum Gasteiger partial charge on any atom is 0.472 e. The Bertz CT molecular complexity index is 1180. The molecule has 1 rings (SSSR count). The van der Waals surface area contributed by atoms with E-state index in [4.69, 9.17) is 18.5 Å². The number of hydrogen-bond donors (Lipinski definition) is 6. The molecular weight excluding hydrogens is 876 g/mol. The van der Waals surface area contributed by atoms with Gasteiger partial charge in [-0.1, -0.05) is 245 Å². The van der Waals surface area contributed by atoms with Gasteiger partial charge in [-0.3, -0.25) is 18.6 Å². The van der Waals surface area contributed by atoms with E-state index in [1.165, 1.54) is 193 Å². The summed E-state index contributed by atoms with van der Waals surface area (Å²) < 4.78 is 33.7. The Morgan fingerprint density at radius 2 is 0.672 bits per heavy atom. The fraction of sp³-hybridized carbons (Fsp3) is 0.962. The molecule has 0 bridgehead atoms. The van der Waals surface area contributed by atoms with Crippen LogP contribution in [0.4, 0.5) is 0 Å². The highest BCUT2D eigenvalue weighted by atomic mass is 31.2. The van der Waals surface area contributed by atoms with Crippen LogP contribution in [0.2, 0.25) is 0 Å². The van der Waals surface area contributed by atoms with Crippen LogP contribution in [0.5, 0.6) is 0 Å². The number of carbonyl (C=O) groups excluding carboxylic acids is 2. The van der Waals surface area contributed by atoms with E-state index in [0.717, 1.165) is 38.5 Å². The average Bonchev–Trinajstić information content (AvgIpc) is 3.31. The number of aliphatic hydroxyl groups is 5. The maximum absolute atomic E-state index is 12.9. The third kappa shape index (κ3) is 35.6. The van der Waals surface area contributed by atoms with Crippen LogP contribution in [-0.2, 0) is 32.7 Å². The number of ether oxygens (including phenoxy) is 2. The van der Waals surface area contributed by atoms with Crippen molar-refractivity contribution in [2.45, 2.75) is 313 Å². The van der Waals surface area contributed by atoms with Crippen LogP contribution < -0.4 is 0 Å². The summed E-state index contributed by atoms with van der Waals surface area (Å²) in [5.41, 5.74) is 0. The van der Waals surface area contributed by atoms with E-state index in [2.05, 4.69) is 13.8 Å². The number of aliphatic hydroxyl groups excluding tert-OH is 5. The van der Waals surface area contributed by atoms with Crippen molar-refractivity contribution >= 4 is 19.8 Å². The number of phosphoric ester groups is 1. The van der Waals surface area contributed by atoms with Crippen LogP contribution in [0.25, 0.3) is 0 Å². The second-order valence-electron chi connectivity index (χ2n) is 19.8. The highest BCUT2D eigenvalue weighted by molar-refractivity contribution is 7.47. The monoisotopic (exact) mass is 979 g/mol. The molecule has 0 amide bonds. The van der Waals surface area contributed by atoms with Gasteiger partial charge in [0.1, 0.15) is 43.2 Å². The van der Waals surface area contributed by atoms with Crippen molar-refractivity contribution in [3.8, 4) is 0 Å². The SMILES string of the molecule is CCCCCCCCCCCCCCCCCCCCCCCCCCC(=O)OC(COC(=O)CCCCCCCCCCCCCCCC)COP(=O)(O)OC1C(O)C(O)C(O)C(O)C1O. The van der Waals surface area contributed by atoms with Gasteiger partial charge in [0, 0.05) is 12.8 Å². The number of esters is 2. The smallest absolute Gasteiger partial charge is 0.462 e. The Labute approximate surface area is 408 Å². The van der Waals surface area contributed by atoms with E-state index >= 15 is 0 Å². The zero-order valence-corrected chi connectivity index (χ0v) is 43.6. The quantitative estimate of drug-likeness (QED) is 0.0191. The van der Waals surface area contributed by atoms with E-state index in [1.54, 1.807) is 0 Å². The lowest BCUT2D eigenvalue weighted by atomic mass is 9.85. The van der Waals surface area contributed by atoms with Gasteiger partial charge in [0.05, 0.1) is 6.61 Å². The minimum atomic E-state index is -5.12. The Morgan fingerprint density at radius 3 is 0.985 bits per heavy atom. The topological polar surface area (TPSA) is 210 Å². The van der Waals surface area contributed by atoms with Gasteiger partial charge in [-0.15, -0.1) is 0 Å². The summed E-state index contributed by atoms with van der Waals surface area (Å²) in [5, 5.41) is 50.3. The number of phosphoric acid groups is 1. The Kier molecular flexibility index (Phi) is 41.6. The van der Waals surface area contributed by atoms with E-state index in [-0.39, 0.29) is 12.8 Å². The van der Waals surface area contributed by atoms with E-state index < -0.39 is 75.7 Å². The molecule has 0 heterocycles. The zero-order chi connectivity index (χ0) is 49.2. The summed E-state index contributed by atoms with van der Waals surface area (Å²) >= 11 is 0. The first-order valence-electron chi connectivity index (χ1n) is 27.8. The van der Waals surface area contributed by atoms with Crippen LogP contribution in [0.1, 0.15) is 271 Å². The highest BCUT2D eigenvalue weighted by Crippen LogP contribution is 2.47. The highest BCUT2D eigenvalue weighted by Gasteiger charge is 2.51. The predicted octanol–water partition coefficient (Wildman–Crippen LogP) is 12.4. The molecule has 1 aliphatic rings. The third-order valence-electron chi connectivity index (χ3n) is 13.4. The fourth-order valence-corrected chi connectivity index (χ4v) is 9.97. The molecule has 6 atom stereocenters. The van der Waals surface area contributed by atoms with E-state index in [1.807, 2.05) is 0 Å². The minimum absolute atomic E-state index is 0.106. The van der Waals surface area contributed by atoms with Crippen molar-refractivity contribution in [3.05, 3.63) is 0 Å². The molecule has 6 N–H and O–H groups in total. The molecule has 0 aromatic carbocycles. The largest absolute Gasteiger partial charge is 0.472 e. The molecule has 0 spiro atoms. The Hall–Kier alpha value is -1.15. The normalized spacial score (nSPS) is 21.0. The van der Waals surface area contributed by atoms with Crippen LogP contribution in [0.15, 0.2) is 0 Å². The lowest BCUT2D eigenvalue weighted by molar-refractivity contribution is -0.220. The molecule has 1 aliphatic carbocycles. The summed E-state index contributed by atoms with van der Waals surface area (Å²) in [7, 11) is -5.12. The zero-order valence-electron chi connectivity index (χ0n) is 42.7. The molecule has 0 aliphatic heterocycles. The molecular formula is C53H103O13P. The number of carbonyl (C=O) groups is 2. The molecule has 1 fully saturated rings. The van der Waals surface area contributed by atoms with Gasteiger partial charge < -0.3 is 39.9 Å². The van der Waals surface area contributed by atoms with Crippen molar-refractivity contribution in [2.75, 3.05) is 13.2 Å². The summed E-state index contributed by atoms with van der Waals surface area (Å²) in [4.78, 5) is 35.9. The van der Waals surface area contributed by atoms with Gasteiger partial charge in [-0.25, -0.2) is 4.57 Å². The summed E-state index contributed by atoms with van der Waals surface area (Å²) in [6.45, 7) is 3.36. The summed E-state index contributed by atoms with van der Waals surface area (Å²) in [5.74, 6) is -1.08. The number of rotatable bonds is 48. The Morgan fingerprint density at radius 1 is 0.403 bits per heavy atom. The van der Waals surface area contributed by atoms with Crippen molar-refractivity contribution < 1.29 is 63.1 Å². The lowest BCUT2D eigenvalue weighted by Crippen LogP contribution is -2.64. The van der Waals surface area contributed by atoms with Gasteiger partial charge in [0.2, 0.25) is 0 Å². The van der Waals surface area contributed by atoms with Crippen LogP contribution in [-0.4, -0.2) is 98.3 Å². The first-order chi connectivity index (χ1) is 32.4. The molecule has 0 saturated heterocycles. The third-order valence-corrected chi connectivity index (χ3v) is 14.4. The van der Waals surface area contributed by atoms with Crippen molar-refractivity contribution in [1.82, 2.24) is 0 Å². The van der Waals surface area contributed by atoms with Gasteiger partial charge >= 0.3 is 19.8 Å². The molecule has 0 radical (unpaired) electrons. The van der Waals surface area contributed by atoms with Crippen LogP contribution in [0.3, 0.4) is 0 Å². The maximum atomic E-state index is 12.9. The van der Waals surface area contributed by atoms with E-state index in [0.29, 0.717) is 12.8 Å². The fourth-order valence-electron chi connectivity index (χ4n) is 9.00. The Balaban J connectivity index is 2.31. The van der Waals surface area contributed by atoms with Crippen molar-refractivity contribution in [1.29, 1.82) is 0 Å². The number of hydrogen-bond acceptors (Lipinski definition) is 12. The first-order valence-corrected chi connectivity index (χ1v) is 29.3. The molecule has 14 heteroatoms. The standard InChI is InChI=1S/C53H103O13P/c1-3-5-7-9-11-13-15-17-19-20-21-22-23-24-25-26-27-28-30-32-34-36-38-40-42-47(55)65-45(44-64-67(61,62)66-53-51(59)49(57)48(56)50(58)52(53)60)43-63-46(54)41-39-37-35-33-31-29-18-16-14-12-10-8-6-4-2/h45,48-53,56-60H,3-44H2,1-2H3,(H,61,62). The van der Waals surface area contributed by atoms with Crippen molar-refractivity contribution in [3.63, 3.8) is 0 Å². The molecule has 6 unspecified atom stereocenters. The minimum Gasteiger partial charge on any atom is -0.462 e. The molecule has 0 aromatic rings. The molecule has 67 heavy (non-hydrogen) atoms. The summed E-state index contributed by atoms with van der Waals surface area (Å²) in [6, 6.07) is 0. The molecule has 398 valence electrons. The van der Waals surface area contributed by atoms with Crippen molar-refractivity contribution in [2.24, 2.45) is 0 Å². The second-order valence-corrected chi connectivity index (χ2v) is 21.2. The lowest BCUT2D eigenvalue weighted by Gasteiger charge is -2.41. The number of unbranched alkanes of at least 4 members (excludes halogenated alkanes) is 36. The summed E-state index contributed by atoms with van der Waals surface area (Å²) in [6.07, 6.45) is 34.4. The first kappa shape index (κ1) is 63.9. The second kappa shape index (κ2) is 43.6. The van der Waals surface area contributed by atoms with Crippen LogP contribution >= 0.6 is 7.82 Å². The molecule has 0 aromatic heterocycles. The van der Waals surface area contributed by atoms with Gasteiger partial charge in [-0.05, 0) is 12.8 Å². The van der Waals surface area contributed by atoms with Gasteiger partial charge in [0.15, 0.2) is 6.10 Å². The molecule has 1 saturated carbocycles.